The summed E-state index contributed by atoms with van der Waals surface area (Å²) >= 11 is 0. The van der Waals surface area contributed by atoms with Crippen molar-refractivity contribution in [1.29, 1.82) is 0 Å². The van der Waals surface area contributed by atoms with Crippen molar-refractivity contribution in [2.75, 3.05) is 0 Å². The Balaban J connectivity index is 2.34. The maximum absolute atomic E-state index is 6.16. The molecule has 1 aliphatic carbocycles. The lowest BCUT2D eigenvalue weighted by molar-refractivity contribution is -0.261. The van der Waals surface area contributed by atoms with Crippen LogP contribution in [0.1, 0.15) is 47.5 Å². The monoisotopic (exact) mass is 182 g/mol. The van der Waals surface area contributed by atoms with Crippen LogP contribution in [0.4, 0.5) is 0 Å². The van der Waals surface area contributed by atoms with Crippen molar-refractivity contribution >= 4 is 0 Å². The van der Waals surface area contributed by atoms with Crippen LogP contribution in [0, 0.1) is 17.3 Å². The molecule has 3 fully saturated rings. The smallest absolute Gasteiger partial charge is 0.0686 e. The third kappa shape index (κ3) is 1.09. The molecule has 3 rings (SSSR count). The summed E-state index contributed by atoms with van der Waals surface area (Å²) in [7, 11) is 0. The number of ether oxygens (including phenoxy) is 1. The molecule has 1 heteroatoms. The highest BCUT2D eigenvalue weighted by Gasteiger charge is 2.56. The fraction of sp³-hybridized carbons (Fsp3) is 1.00. The fourth-order valence-electron chi connectivity index (χ4n) is 3.39. The Morgan fingerprint density at radius 3 is 2.15 bits per heavy atom. The third-order valence-electron chi connectivity index (χ3n) is 5.00. The Labute approximate surface area is 81.9 Å². The minimum Gasteiger partial charge on any atom is -0.371 e. The first kappa shape index (κ1) is 9.51. The van der Waals surface area contributed by atoms with Gasteiger partial charge in [-0.25, -0.2) is 0 Å². The van der Waals surface area contributed by atoms with Gasteiger partial charge < -0.3 is 4.74 Å². The maximum Gasteiger partial charge on any atom is 0.0686 e. The average molecular weight is 182 g/mol. The van der Waals surface area contributed by atoms with Gasteiger partial charge in [0.25, 0.3) is 0 Å². The molecule has 0 aromatic heterocycles. The molecule has 76 valence electrons. The van der Waals surface area contributed by atoms with Gasteiger partial charge in [-0.2, -0.15) is 0 Å². The zero-order valence-electron chi connectivity index (χ0n) is 9.55. The molecule has 2 saturated heterocycles. The van der Waals surface area contributed by atoms with E-state index in [0.717, 1.165) is 11.8 Å². The molecule has 0 amide bonds. The molecule has 3 aliphatic rings. The Hall–Kier alpha value is -0.0400. The number of hydrogen-bond acceptors (Lipinski definition) is 1. The molecule has 5 atom stereocenters. The zero-order chi connectivity index (χ0) is 9.85. The lowest BCUT2D eigenvalue weighted by Gasteiger charge is -2.61. The minimum absolute atomic E-state index is 0.163. The van der Waals surface area contributed by atoms with Gasteiger partial charge in [0.15, 0.2) is 0 Å². The summed E-state index contributed by atoms with van der Waals surface area (Å²) in [5, 5.41) is 0. The average Bonchev–Trinajstić information content (AvgIpc) is 1.98. The molecule has 5 unspecified atom stereocenters. The Kier molecular flexibility index (Phi) is 1.83. The van der Waals surface area contributed by atoms with Crippen molar-refractivity contribution < 1.29 is 4.74 Å². The predicted octanol–water partition coefficient (Wildman–Crippen LogP) is 3.24. The first-order chi connectivity index (χ1) is 5.88. The molecule has 2 heterocycles. The Morgan fingerprint density at radius 2 is 1.62 bits per heavy atom. The summed E-state index contributed by atoms with van der Waals surface area (Å²) < 4.78 is 6.16. The summed E-state index contributed by atoms with van der Waals surface area (Å²) in [6, 6.07) is 0. The van der Waals surface area contributed by atoms with E-state index in [9.17, 15) is 0 Å². The van der Waals surface area contributed by atoms with Crippen LogP contribution in [0.5, 0.6) is 0 Å². The first-order valence-electron chi connectivity index (χ1n) is 5.56. The normalized spacial score (nSPS) is 61.2. The topological polar surface area (TPSA) is 9.23 Å². The van der Waals surface area contributed by atoms with Crippen molar-refractivity contribution in [2.45, 2.75) is 59.2 Å². The van der Waals surface area contributed by atoms with E-state index in [-0.39, 0.29) is 5.60 Å². The molecule has 0 spiro atoms. The van der Waals surface area contributed by atoms with Crippen LogP contribution in [0.25, 0.3) is 0 Å². The molecule has 0 aromatic rings. The van der Waals surface area contributed by atoms with Gasteiger partial charge in [-0.1, -0.05) is 20.8 Å². The van der Waals surface area contributed by atoms with Gasteiger partial charge in [0.1, 0.15) is 0 Å². The SMILES string of the molecule is CC1CC2(C)C(C)CC1(C)OC2C. The maximum atomic E-state index is 6.16. The highest BCUT2D eigenvalue weighted by molar-refractivity contribution is 5.05. The second-order valence-electron chi connectivity index (χ2n) is 5.79. The molecule has 1 nitrogen and oxygen atoms in total. The molecule has 1 saturated carbocycles. The summed E-state index contributed by atoms with van der Waals surface area (Å²) in [5.41, 5.74) is 0.591. The van der Waals surface area contributed by atoms with Gasteiger partial charge in [0, 0.05) is 0 Å². The largest absolute Gasteiger partial charge is 0.371 e. The van der Waals surface area contributed by atoms with E-state index in [0.29, 0.717) is 11.5 Å². The molecule has 2 bridgehead atoms. The standard InChI is InChI=1S/C12H22O/c1-8-7-12(5)9(2)6-11(8,4)10(3)13-12/h8-10H,6-7H2,1-5H3. The summed E-state index contributed by atoms with van der Waals surface area (Å²) in [6.07, 6.45) is 3.03. The summed E-state index contributed by atoms with van der Waals surface area (Å²) in [4.78, 5) is 0. The van der Waals surface area contributed by atoms with Gasteiger partial charge >= 0.3 is 0 Å². The summed E-state index contributed by atoms with van der Waals surface area (Å²) in [6.45, 7) is 11.7. The highest BCUT2D eigenvalue weighted by atomic mass is 16.5. The van der Waals surface area contributed by atoms with E-state index in [1.165, 1.54) is 12.8 Å². The van der Waals surface area contributed by atoms with E-state index in [1.807, 2.05) is 0 Å². The summed E-state index contributed by atoms with van der Waals surface area (Å²) in [5.74, 6) is 1.54. The van der Waals surface area contributed by atoms with Crippen molar-refractivity contribution in [3.63, 3.8) is 0 Å². The molecule has 0 radical (unpaired) electrons. The van der Waals surface area contributed by atoms with Crippen LogP contribution in [0.2, 0.25) is 0 Å². The molecular formula is C12H22O. The van der Waals surface area contributed by atoms with Crippen molar-refractivity contribution in [3.05, 3.63) is 0 Å². The van der Waals surface area contributed by atoms with E-state index < -0.39 is 0 Å². The lowest BCUT2D eigenvalue weighted by atomic mass is 9.55. The second kappa shape index (κ2) is 2.50. The second-order valence-corrected chi connectivity index (χ2v) is 5.79. The van der Waals surface area contributed by atoms with Crippen LogP contribution in [-0.4, -0.2) is 11.7 Å². The minimum atomic E-state index is 0.163. The van der Waals surface area contributed by atoms with Crippen LogP contribution < -0.4 is 0 Å². The number of rotatable bonds is 0. The van der Waals surface area contributed by atoms with Crippen molar-refractivity contribution in [2.24, 2.45) is 17.3 Å². The van der Waals surface area contributed by atoms with Gasteiger partial charge in [0.05, 0.1) is 11.7 Å². The van der Waals surface area contributed by atoms with Gasteiger partial charge in [-0.15, -0.1) is 0 Å². The van der Waals surface area contributed by atoms with Crippen LogP contribution in [0.15, 0.2) is 0 Å². The predicted molar refractivity (Wildman–Crippen MR) is 54.6 cm³/mol. The molecule has 13 heavy (non-hydrogen) atoms. The third-order valence-corrected chi connectivity index (χ3v) is 5.00. The van der Waals surface area contributed by atoms with Gasteiger partial charge in [-0.05, 0) is 43.9 Å². The quantitative estimate of drug-likeness (QED) is 0.559. The van der Waals surface area contributed by atoms with E-state index >= 15 is 0 Å². The van der Waals surface area contributed by atoms with Crippen LogP contribution in [-0.2, 0) is 4.74 Å². The van der Waals surface area contributed by atoms with Gasteiger partial charge in [-0.3, -0.25) is 0 Å². The van der Waals surface area contributed by atoms with Crippen molar-refractivity contribution in [3.8, 4) is 0 Å². The fourth-order valence-corrected chi connectivity index (χ4v) is 3.39. The number of fused-ring (bicyclic) bond motifs is 3. The zero-order valence-corrected chi connectivity index (χ0v) is 9.55. The van der Waals surface area contributed by atoms with E-state index in [4.69, 9.17) is 4.74 Å². The molecule has 0 N–H and O–H groups in total. The molecule has 0 aromatic carbocycles. The Bertz CT molecular complexity index is 209. The number of hydrogen-bond donors (Lipinski definition) is 0. The van der Waals surface area contributed by atoms with E-state index in [1.54, 1.807) is 0 Å². The first-order valence-corrected chi connectivity index (χ1v) is 5.56. The molecule has 2 aliphatic heterocycles. The Morgan fingerprint density at radius 1 is 1.00 bits per heavy atom. The van der Waals surface area contributed by atoms with Crippen LogP contribution in [0.3, 0.4) is 0 Å². The highest BCUT2D eigenvalue weighted by Crippen LogP contribution is 2.57. The van der Waals surface area contributed by atoms with Gasteiger partial charge in [0.2, 0.25) is 0 Å². The van der Waals surface area contributed by atoms with E-state index in [2.05, 4.69) is 34.6 Å². The van der Waals surface area contributed by atoms with Crippen LogP contribution >= 0.6 is 0 Å². The molecular weight excluding hydrogens is 160 g/mol. The lowest BCUT2D eigenvalue weighted by Crippen LogP contribution is -2.61. The van der Waals surface area contributed by atoms with Crippen molar-refractivity contribution in [1.82, 2.24) is 0 Å².